The molecule has 1 fully saturated rings. The molecule has 1 aliphatic heterocycles. The van der Waals surface area contributed by atoms with Crippen molar-refractivity contribution in [1.82, 2.24) is 19.3 Å². The van der Waals surface area contributed by atoms with Crippen LogP contribution in [-0.2, 0) is 10.0 Å². The van der Waals surface area contributed by atoms with Gasteiger partial charge in [0.15, 0.2) is 0 Å². The molecule has 0 radical (unpaired) electrons. The minimum Gasteiger partial charge on any atom is -0.249 e. The van der Waals surface area contributed by atoms with Gasteiger partial charge in [0.2, 0.25) is 10.0 Å². The summed E-state index contributed by atoms with van der Waals surface area (Å²) < 4.78 is 28.5. The Morgan fingerprint density at radius 1 is 1.19 bits per heavy atom. The highest BCUT2D eigenvalue weighted by Crippen LogP contribution is 2.29. The van der Waals surface area contributed by atoms with Gasteiger partial charge in [-0.1, -0.05) is 28.9 Å². The maximum atomic E-state index is 12.6. The molecule has 112 valence electrons. The van der Waals surface area contributed by atoms with Gasteiger partial charge in [0.1, 0.15) is 4.90 Å². The van der Waals surface area contributed by atoms with Crippen molar-refractivity contribution in [3.8, 4) is 0 Å². The summed E-state index contributed by atoms with van der Waals surface area (Å²) in [5.41, 5.74) is 0. The molecular formula is C13H15ClN4O2S. The third kappa shape index (κ3) is 2.81. The molecule has 8 heteroatoms. The van der Waals surface area contributed by atoms with E-state index >= 15 is 0 Å². The Balaban J connectivity index is 1.76. The van der Waals surface area contributed by atoms with Crippen LogP contribution in [0.3, 0.4) is 0 Å². The molecule has 0 spiro atoms. The summed E-state index contributed by atoms with van der Waals surface area (Å²) in [5, 5.41) is 8.03. The molecule has 21 heavy (non-hydrogen) atoms. The van der Waals surface area contributed by atoms with E-state index in [0.717, 1.165) is 0 Å². The Labute approximate surface area is 128 Å². The zero-order chi connectivity index (χ0) is 14.9. The molecule has 0 bridgehead atoms. The SMILES string of the molecule is O=S(=O)(c1ccccc1Cl)N1CCC(n2ccnn2)CC1. The average Bonchev–Trinajstić information content (AvgIpc) is 3.02. The molecule has 0 aliphatic carbocycles. The lowest BCUT2D eigenvalue weighted by Crippen LogP contribution is -2.39. The summed E-state index contributed by atoms with van der Waals surface area (Å²) in [6.07, 6.45) is 4.87. The first-order valence-electron chi connectivity index (χ1n) is 6.69. The van der Waals surface area contributed by atoms with Crippen LogP contribution in [-0.4, -0.2) is 40.8 Å². The average molecular weight is 327 g/mol. The topological polar surface area (TPSA) is 68.1 Å². The summed E-state index contributed by atoms with van der Waals surface area (Å²) in [6, 6.07) is 6.74. The van der Waals surface area contributed by atoms with Gasteiger partial charge in [-0.25, -0.2) is 13.1 Å². The number of benzene rings is 1. The number of piperidine rings is 1. The largest absolute Gasteiger partial charge is 0.249 e. The standard InChI is InChI=1S/C13H15ClN4O2S/c14-12-3-1-2-4-13(12)21(19,20)17-8-5-11(6-9-17)18-10-7-15-16-18/h1-4,7,10-11H,5-6,8-9H2. The molecule has 6 nitrogen and oxygen atoms in total. The van der Waals surface area contributed by atoms with Crippen molar-refractivity contribution in [2.24, 2.45) is 0 Å². The predicted octanol–water partition coefficient (Wildman–Crippen LogP) is 1.96. The van der Waals surface area contributed by atoms with E-state index in [9.17, 15) is 8.42 Å². The Kier molecular flexibility index (Phi) is 3.97. The summed E-state index contributed by atoms with van der Waals surface area (Å²) in [7, 11) is -3.53. The first-order valence-corrected chi connectivity index (χ1v) is 8.51. The predicted molar refractivity (Wildman–Crippen MR) is 78.5 cm³/mol. The van der Waals surface area contributed by atoms with Crippen molar-refractivity contribution in [1.29, 1.82) is 0 Å². The van der Waals surface area contributed by atoms with Crippen LogP contribution < -0.4 is 0 Å². The third-order valence-electron chi connectivity index (χ3n) is 3.69. The molecule has 1 aromatic carbocycles. The zero-order valence-electron chi connectivity index (χ0n) is 11.3. The molecule has 0 amide bonds. The minimum atomic E-state index is -3.53. The van der Waals surface area contributed by atoms with Crippen LogP contribution in [0.5, 0.6) is 0 Å². The maximum absolute atomic E-state index is 12.6. The molecule has 0 unspecified atom stereocenters. The highest BCUT2D eigenvalue weighted by molar-refractivity contribution is 7.89. The van der Waals surface area contributed by atoms with E-state index < -0.39 is 10.0 Å². The molecule has 2 heterocycles. The van der Waals surface area contributed by atoms with Crippen molar-refractivity contribution >= 4 is 21.6 Å². The number of aromatic nitrogens is 3. The van der Waals surface area contributed by atoms with Crippen LogP contribution >= 0.6 is 11.6 Å². The molecule has 0 N–H and O–H groups in total. The van der Waals surface area contributed by atoms with Crippen molar-refractivity contribution in [3.63, 3.8) is 0 Å². The Morgan fingerprint density at radius 3 is 2.52 bits per heavy atom. The van der Waals surface area contributed by atoms with Crippen LogP contribution in [0, 0.1) is 0 Å². The highest BCUT2D eigenvalue weighted by Gasteiger charge is 2.31. The van der Waals surface area contributed by atoms with Crippen LogP contribution in [0.1, 0.15) is 18.9 Å². The van der Waals surface area contributed by atoms with Gasteiger partial charge in [-0.15, -0.1) is 5.10 Å². The molecule has 0 saturated carbocycles. The van der Waals surface area contributed by atoms with Gasteiger partial charge in [0, 0.05) is 19.3 Å². The number of sulfonamides is 1. The number of nitrogens with zero attached hydrogens (tertiary/aromatic N) is 4. The third-order valence-corrected chi connectivity index (χ3v) is 6.09. The van der Waals surface area contributed by atoms with Crippen LogP contribution in [0.15, 0.2) is 41.6 Å². The summed E-state index contributed by atoms with van der Waals surface area (Å²) in [6.45, 7) is 0.913. The van der Waals surface area contributed by atoms with Crippen LogP contribution in [0.4, 0.5) is 0 Å². The van der Waals surface area contributed by atoms with Gasteiger partial charge < -0.3 is 0 Å². The number of rotatable bonds is 3. The van der Waals surface area contributed by atoms with Crippen molar-refractivity contribution in [3.05, 3.63) is 41.7 Å². The number of halogens is 1. The summed E-state index contributed by atoms with van der Waals surface area (Å²) >= 11 is 6.01. The second-order valence-corrected chi connectivity index (χ2v) is 7.26. The Morgan fingerprint density at radius 2 is 1.90 bits per heavy atom. The number of hydrogen-bond acceptors (Lipinski definition) is 4. The van der Waals surface area contributed by atoms with Gasteiger partial charge in [-0.05, 0) is 25.0 Å². The second-order valence-electron chi connectivity index (χ2n) is 4.95. The minimum absolute atomic E-state index is 0.172. The van der Waals surface area contributed by atoms with Gasteiger partial charge in [-0.2, -0.15) is 4.31 Å². The fraction of sp³-hybridized carbons (Fsp3) is 0.385. The first kappa shape index (κ1) is 14.5. The summed E-state index contributed by atoms with van der Waals surface area (Å²) in [4.78, 5) is 0.172. The van der Waals surface area contributed by atoms with Crippen molar-refractivity contribution < 1.29 is 8.42 Å². The van der Waals surface area contributed by atoms with E-state index in [2.05, 4.69) is 10.3 Å². The van der Waals surface area contributed by atoms with Crippen LogP contribution in [0.2, 0.25) is 5.02 Å². The number of hydrogen-bond donors (Lipinski definition) is 0. The lowest BCUT2D eigenvalue weighted by Gasteiger charge is -2.31. The molecule has 1 aromatic heterocycles. The quantitative estimate of drug-likeness (QED) is 0.864. The van der Waals surface area contributed by atoms with Crippen molar-refractivity contribution in [2.45, 2.75) is 23.8 Å². The second kappa shape index (κ2) is 5.75. The van der Waals surface area contributed by atoms with Gasteiger partial charge in [0.05, 0.1) is 17.3 Å². The molecule has 2 aromatic rings. The zero-order valence-corrected chi connectivity index (χ0v) is 12.8. The lowest BCUT2D eigenvalue weighted by molar-refractivity contribution is 0.258. The van der Waals surface area contributed by atoms with Crippen LogP contribution in [0.25, 0.3) is 0 Å². The Hall–Kier alpha value is -1.44. The fourth-order valence-electron chi connectivity index (χ4n) is 2.55. The monoisotopic (exact) mass is 326 g/mol. The van der Waals surface area contributed by atoms with E-state index in [1.807, 2.05) is 6.20 Å². The van der Waals surface area contributed by atoms with Gasteiger partial charge in [0.25, 0.3) is 0 Å². The van der Waals surface area contributed by atoms with E-state index in [1.54, 1.807) is 35.1 Å². The molecule has 3 rings (SSSR count). The van der Waals surface area contributed by atoms with E-state index in [-0.39, 0.29) is 16.0 Å². The molecule has 0 atom stereocenters. The van der Waals surface area contributed by atoms with Gasteiger partial charge in [-0.3, -0.25) is 0 Å². The van der Waals surface area contributed by atoms with E-state index in [1.165, 1.54) is 4.31 Å². The summed E-state index contributed by atoms with van der Waals surface area (Å²) in [5.74, 6) is 0. The smallest absolute Gasteiger partial charge is 0.244 e. The van der Waals surface area contributed by atoms with Gasteiger partial charge >= 0.3 is 0 Å². The van der Waals surface area contributed by atoms with E-state index in [4.69, 9.17) is 11.6 Å². The van der Waals surface area contributed by atoms with E-state index in [0.29, 0.717) is 25.9 Å². The van der Waals surface area contributed by atoms with Crippen molar-refractivity contribution in [2.75, 3.05) is 13.1 Å². The normalized spacial score (nSPS) is 18.0. The fourth-order valence-corrected chi connectivity index (χ4v) is 4.52. The molecule has 1 aliphatic rings. The molecular weight excluding hydrogens is 312 g/mol. The molecule has 1 saturated heterocycles. The first-order chi connectivity index (χ1) is 10.1. The highest BCUT2D eigenvalue weighted by atomic mass is 35.5. The Bertz CT molecular complexity index is 710. The maximum Gasteiger partial charge on any atom is 0.244 e. The lowest BCUT2D eigenvalue weighted by atomic mass is 10.1.